The molecule has 0 aromatic heterocycles. The van der Waals surface area contributed by atoms with Gasteiger partial charge in [0.15, 0.2) is 0 Å². The first-order valence-electron chi connectivity index (χ1n) is 3.99. The number of hydrogen-bond donors (Lipinski definition) is 0. The van der Waals surface area contributed by atoms with Crippen LogP contribution >= 0.6 is 11.1 Å². The van der Waals surface area contributed by atoms with Gasteiger partial charge in [-0.05, 0) is 5.54 Å². The van der Waals surface area contributed by atoms with Crippen molar-refractivity contribution in [3.8, 4) is 0 Å². The summed E-state index contributed by atoms with van der Waals surface area (Å²) in [6.45, 7) is 0. The minimum Gasteiger partial charge on any atom is -0.176 e. The minimum atomic E-state index is -0.182. The minimum absolute atomic E-state index is 0.182. The van der Waals surface area contributed by atoms with Gasteiger partial charge in [0.1, 0.15) is 8.83 Å². The second-order valence-electron chi connectivity index (χ2n) is 3.01. The van der Waals surface area contributed by atoms with Crippen molar-refractivity contribution in [1.82, 2.24) is 0 Å². The summed E-state index contributed by atoms with van der Waals surface area (Å²) in [6, 6.07) is 0. The smallest absolute Gasteiger partial charge is 0.128 e. The molecule has 0 nitrogen and oxygen atoms in total. The molecule has 54 valence electrons. The van der Waals surface area contributed by atoms with Gasteiger partial charge in [0.25, 0.3) is 0 Å². The van der Waals surface area contributed by atoms with Gasteiger partial charge in [-0.25, -0.2) is 0 Å². The Morgan fingerprint density at radius 2 is 1.56 bits per heavy atom. The highest BCUT2D eigenvalue weighted by Crippen LogP contribution is 2.26. The Hall–Kier alpha value is 0.507. The highest BCUT2D eigenvalue weighted by Gasteiger charge is 2.10. The van der Waals surface area contributed by atoms with E-state index in [0.29, 0.717) is 0 Å². The summed E-state index contributed by atoms with van der Waals surface area (Å²) in [5.74, 6) is 0. The van der Waals surface area contributed by atoms with Gasteiger partial charge in [0, 0.05) is 0 Å². The largest absolute Gasteiger partial charge is 0.176 e. The summed E-state index contributed by atoms with van der Waals surface area (Å²) in [5, 5.41) is 0. The summed E-state index contributed by atoms with van der Waals surface area (Å²) in [5.41, 5.74) is 0.981. The second-order valence-corrected chi connectivity index (χ2v) is 5.40. The van der Waals surface area contributed by atoms with Crippen LogP contribution in [-0.2, 0) is 0 Å². The van der Waals surface area contributed by atoms with Gasteiger partial charge in [0.2, 0.25) is 0 Å². The predicted octanol–water partition coefficient (Wildman–Crippen LogP) is 2.45. The monoisotopic (exact) mass is 162 g/mol. The lowest BCUT2D eigenvalue weighted by Gasteiger charge is -2.06. The second kappa shape index (κ2) is 4.34. The van der Waals surface area contributed by atoms with Gasteiger partial charge in [0.05, 0.1) is 0 Å². The van der Waals surface area contributed by atoms with E-state index >= 15 is 0 Å². The van der Waals surface area contributed by atoms with E-state index in [4.69, 9.17) is 11.1 Å². The predicted molar refractivity (Wildman–Crippen MR) is 45.8 cm³/mol. The molecular formula is C7H15ClSi. The highest BCUT2D eigenvalue weighted by molar-refractivity contribution is 6.94. The van der Waals surface area contributed by atoms with Crippen molar-refractivity contribution >= 4 is 19.9 Å². The lowest BCUT2D eigenvalue weighted by Crippen LogP contribution is -1.94. The molecule has 1 aliphatic carbocycles. The molecule has 0 heterocycles. The Morgan fingerprint density at radius 1 is 1.00 bits per heavy atom. The number of halogens is 1. The highest BCUT2D eigenvalue weighted by atomic mass is 35.6. The van der Waals surface area contributed by atoms with Gasteiger partial charge in [-0.2, -0.15) is 11.1 Å². The molecular weight excluding hydrogens is 148 g/mol. The average Bonchev–Trinajstić information content (AvgIpc) is 2.13. The first kappa shape index (κ1) is 7.61. The van der Waals surface area contributed by atoms with E-state index in [0.717, 1.165) is 5.54 Å². The fourth-order valence-corrected chi connectivity index (χ4v) is 3.33. The number of hydrogen-bond acceptors (Lipinski definition) is 0. The summed E-state index contributed by atoms with van der Waals surface area (Å²) in [6.07, 6.45) is 8.70. The van der Waals surface area contributed by atoms with Crippen molar-refractivity contribution < 1.29 is 0 Å². The molecule has 1 aliphatic rings. The normalized spacial score (nSPS) is 25.0. The van der Waals surface area contributed by atoms with Gasteiger partial charge >= 0.3 is 0 Å². The maximum atomic E-state index is 5.89. The van der Waals surface area contributed by atoms with Crippen LogP contribution in [0.5, 0.6) is 0 Å². The zero-order valence-corrected chi connectivity index (χ0v) is 8.08. The molecule has 2 heteroatoms. The molecule has 0 unspecified atom stereocenters. The third-order valence-electron chi connectivity index (χ3n) is 2.19. The van der Waals surface area contributed by atoms with Gasteiger partial charge < -0.3 is 0 Å². The standard InChI is InChI=1S/C7H15ClSi/c8-9-7-5-3-1-2-4-6-7/h7H,1-6,9H2. The number of rotatable bonds is 1. The van der Waals surface area contributed by atoms with E-state index in [-0.39, 0.29) is 8.83 Å². The quantitative estimate of drug-likeness (QED) is 0.316. The molecule has 0 saturated heterocycles. The van der Waals surface area contributed by atoms with E-state index in [2.05, 4.69) is 0 Å². The third kappa shape index (κ3) is 2.72. The average molecular weight is 163 g/mol. The van der Waals surface area contributed by atoms with E-state index in [1.165, 1.54) is 38.5 Å². The summed E-state index contributed by atoms with van der Waals surface area (Å²) in [7, 11) is -0.182. The lowest BCUT2D eigenvalue weighted by atomic mass is 10.2. The van der Waals surface area contributed by atoms with Gasteiger partial charge in [-0.15, -0.1) is 0 Å². The molecule has 0 amide bonds. The van der Waals surface area contributed by atoms with Crippen molar-refractivity contribution in [2.45, 2.75) is 44.1 Å². The Kier molecular flexibility index (Phi) is 3.67. The van der Waals surface area contributed by atoms with E-state index in [1.807, 2.05) is 0 Å². The van der Waals surface area contributed by atoms with E-state index in [1.54, 1.807) is 0 Å². The summed E-state index contributed by atoms with van der Waals surface area (Å²) in [4.78, 5) is 0. The van der Waals surface area contributed by atoms with Crippen LogP contribution in [0.1, 0.15) is 38.5 Å². The topological polar surface area (TPSA) is 0 Å². The van der Waals surface area contributed by atoms with Crippen LogP contribution in [0.3, 0.4) is 0 Å². The van der Waals surface area contributed by atoms with Gasteiger partial charge in [-0.1, -0.05) is 38.5 Å². The first-order valence-corrected chi connectivity index (χ1v) is 6.95. The Labute approximate surface area is 64.5 Å². The third-order valence-corrected chi connectivity index (χ3v) is 4.76. The van der Waals surface area contributed by atoms with Gasteiger partial charge in [-0.3, -0.25) is 0 Å². The lowest BCUT2D eigenvalue weighted by molar-refractivity contribution is 0.697. The molecule has 0 aromatic carbocycles. The van der Waals surface area contributed by atoms with Crippen molar-refractivity contribution in [3.63, 3.8) is 0 Å². The molecule has 0 N–H and O–H groups in total. The molecule has 0 spiro atoms. The van der Waals surface area contributed by atoms with Crippen LogP contribution < -0.4 is 0 Å². The summed E-state index contributed by atoms with van der Waals surface area (Å²) >= 11 is 5.89. The fraction of sp³-hybridized carbons (Fsp3) is 1.00. The molecule has 1 saturated carbocycles. The zero-order valence-electron chi connectivity index (χ0n) is 5.91. The molecule has 9 heavy (non-hydrogen) atoms. The Morgan fingerprint density at radius 3 is 2.00 bits per heavy atom. The Bertz CT molecular complexity index is 67.3. The molecule has 0 aromatic rings. The molecule has 0 aliphatic heterocycles. The van der Waals surface area contributed by atoms with Crippen LogP contribution in [0, 0.1) is 0 Å². The maximum Gasteiger partial charge on any atom is 0.128 e. The summed E-state index contributed by atoms with van der Waals surface area (Å²) < 4.78 is 0. The van der Waals surface area contributed by atoms with Crippen molar-refractivity contribution in [2.75, 3.05) is 0 Å². The maximum absolute atomic E-state index is 5.89. The molecule has 0 radical (unpaired) electrons. The fourth-order valence-electron chi connectivity index (χ4n) is 1.52. The van der Waals surface area contributed by atoms with Crippen LogP contribution in [0.4, 0.5) is 0 Å². The molecule has 1 rings (SSSR count). The van der Waals surface area contributed by atoms with Crippen LogP contribution in [-0.4, -0.2) is 8.83 Å². The Balaban J connectivity index is 2.18. The van der Waals surface area contributed by atoms with Crippen molar-refractivity contribution in [3.05, 3.63) is 0 Å². The molecule has 1 fully saturated rings. The zero-order chi connectivity index (χ0) is 6.53. The molecule has 0 bridgehead atoms. The van der Waals surface area contributed by atoms with E-state index < -0.39 is 0 Å². The van der Waals surface area contributed by atoms with Crippen LogP contribution in [0.15, 0.2) is 0 Å². The van der Waals surface area contributed by atoms with Crippen molar-refractivity contribution in [1.29, 1.82) is 0 Å². The van der Waals surface area contributed by atoms with Crippen LogP contribution in [0.25, 0.3) is 0 Å². The SMILES string of the molecule is Cl[SiH2]C1CCCCCC1. The van der Waals surface area contributed by atoms with E-state index in [9.17, 15) is 0 Å². The van der Waals surface area contributed by atoms with Crippen molar-refractivity contribution in [2.24, 2.45) is 0 Å². The molecule has 0 atom stereocenters. The van der Waals surface area contributed by atoms with Crippen LogP contribution in [0.2, 0.25) is 5.54 Å². The first-order chi connectivity index (χ1) is 4.43.